The van der Waals surface area contributed by atoms with Crippen LogP contribution in [-0.4, -0.2) is 53.0 Å². The highest BCUT2D eigenvalue weighted by molar-refractivity contribution is 7.89. The lowest BCUT2D eigenvalue weighted by molar-refractivity contribution is -0.120. The summed E-state index contributed by atoms with van der Waals surface area (Å²) in [6.45, 7) is 2.31. The maximum Gasteiger partial charge on any atom is 0.243 e. The Morgan fingerprint density at radius 2 is 1.68 bits per heavy atom. The molecular weight excluding hydrogens is 420 g/mol. The van der Waals surface area contributed by atoms with E-state index in [2.05, 4.69) is 5.32 Å². The largest absolute Gasteiger partial charge is 0.496 e. The van der Waals surface area contributed by atoms with Crippen LogP contribution in [-0.2, 0) is 14.8 Å². The van der Waals surface area contributed by atoms with Crippen molar-refractivity contribution in [2.45, 2.75) is 24.7 Å². The zero-order chi connectivity index (χ0) is 22.6. The van der Waals surface area contributed by atoms with E-state index in [4.69, 9.17) is 14.2 Å². The quantitative estimate of drug-likeness (QED) is 0.700. The van der Waals surface area contributed by atoms with Crippen molar-refractivity contribution in [1.82, 2.24) is 4.31 Å². The van der Waals surface area contributed by atoms with Crippen molar-refractivity contribution in [1.29, 1.82) is 0 Å². The molecule has 0 unspecified atom stereocenters. The first-order valence-corrected chi connectivity index (χ1v) is 11.4. The predicted octanol–water partition coefficient (Wildman–Crippen LogP) is 3.06. The van der Waals surface area contributed by atoms with E-state index in [0.29, 0.717) is 42.3 Å². The lowest BCUT2D eigenvalue weighted by Gasteiger charge is -2.31. The first kappa shape index (κ1) is 22.9. The lowest BCUT2D eigenvalue weighted by atomic mass is 9.98. The molecule has 0 saturated carbocycles. The van der Waals surface area contributed by atoms with E-state index in [1.807, 2.05) is 0 Å². The van der Waals surface area contributed by atoms with Gasteiger partial charge in [0, 0.05) is 24.8 Å². The number of hydrogen-bond donors (Lipinski definition) is 1. The van der Waals surface area contributed by atoms with E-state index in [1.54, 1.807) is 44.4 Å². The highest BCUT2D eigenvalue weighted by atomic mass is 32.2. The van der Waals surface area contributed by atoms with Gasteiger partial charge in [-0.3, -0.25) is 4.79 Å². The minimum atomic E-state index is -3.71. The monoisotopic (exact) mass is 448 g/mol. The third-order valence-electron chi connectivity index (χ3n) is 5.41. The Bertz CT molecular complexity index is 1050. The van der Waals surface area contributed by atoms with E-state index >= 15 is 0 Å². The minimum Gasteiger partial charge on any atom is -0.496 e. The molecule has 1 saturated heterocycles. The van der Waals surface area contributed by atoms with Crippen LogP contribution in [0.3, 0.4) is 0 Å². The van der Waals surface area contributed by atoms with Gasteiger partial charge in [-0.15, -0.1) is 0 Å². The van der Waals surface area contributed by atoms with Crippen LogP contribution in [0.5, 0.6) is 17.2 Å². The molecule has 1 atom stereocenters. The highest BCUT2D eigenvalue weighted by Gasteiger charge is 2.33. The number of anilines is 1. The molecule has 8 nitrogen and oxygen atoms in total. The molecule has 1 fully saturated rings. The van der Waals surface area contributed by atoms with Crippen molar-refractivity contribution in [2.75, 3.05) is 39.7 Å². The molecule has 0 bridgehead atoms. The lowest BCUT2D eigenvalue weighted by Crippen LogP contribution is -2.43. The molecule has 0 spiro atoms. The Labute approximate surface area is 183 Å². The fourth-order valence-corrected chi connectivity index (χ4v) is 5.30. The van der Waals surface area contributed by atoms with Crippen molar-refractivity contribution < 1.29 is 27.4 Å². The molecule has 3 rings (SSSR count). The fraction of sp³-hybridized carbons (Fsp3) is 0.409. The summed E-state index contributed by atoms with van der Waals surface area (Å²) in [6.07, 6.45) is 1.23. The number of carbonyl (C=O) groups excluding carboxylic acids is 1. The van der Waals surface area contributed by atoms with Crippen LogP contribution >= 0.6 is 0 Å². The summed E-state index contributed by atoms with van der Waals surface area (Å²) in [4.78, 5) is 13.0. The molecule has 0 aromatic heterocycles. The summed E-state index contributed by atoms with van der Waals surface area (Å²) in [7, 11) is 0.898. The van der Waals surface area contributed by atoms with Gasteiger partial charge in [0.05, 0.1) is 32.1 Å². The molecule has 31 heavy (non-hydrogen) atoms. The number of nitrogens with zero attached hydrogens (tertiary/aromatic N) is 1. The van der Waals surface area contributed by atoms with Gasteiger partial charge in [0.2, 0.25) is 15.9 Å². The summed E-state index contributed by atoms with van der Waals surface area (Å²) in [5, 5.41) is 2.86. The number of amides is 1. The maximum absolute atomic E-state index is 13.1. The molecule has 1 aliphatic rings. The van der Waals surface area contributed by atoms with Gasteiger partial charge >= 0.3 is 0 Å². The van der Waals surface area contributed by atoms with E-state index in [0.717, 1.165) is 5.56 Å². The zero-order valence-electron chi connectivity index (χ0n) is 18.2. The summed E-state index contributed by atoms with van der Waals surface area (Å²) >= 11 is 0. The van der Waals surface area contributed by atoms with Crippen LogP contribution in [0, 0.1) is 12.8 Å². The van der Waals surface area contributed by atoms with Crippen LogP contribution in [0.2, 0.25) is 0 Å². The molecule has 1 heterocycles. The summed E-state index contributed by atoms with van der Waals surface area (Å²) in [5.41, 5.74) is 1.30. The van der Waals surface area contributed by atoms with Crippen molar-refractivity contribution in [2.24, 2.45) is 5.92 Å². The highest BCUT2D eigenvalue weighted by Crippen LogP contribution is 2.31. The first-order valence-electron chi connectivity index (χ1n) is 9.97. The molecule has 1 amide bonds. The van der Waals surface area contributed by atoms with Gasteiger partial charge in [0.15, 0.2) is 11.5 Å². The Hall–Kier alpha value is -2.78. The average Bonchev–Trinajstić information content (AvgIpc) is 2.78. The Balaban J connectivity index is 1.74. The molecule has 9 heteroatoms. The van der Waals surface area contributed by atoms with E-state index < -0.39 is 15.9 Å². The summed E-state index contributed by atoms with van der Waals surface area (Å²) < 4.78 is 43.4. The topological polar surface area (TPSA) is 94.2 Å². The van der Waals surface area contributed by atoms with Gasteiger partial charge in [-0.2, -0.15) is 4.31 Å². The zero-order valence-corrected chi connectivity index (χ0v) is 19.0. The van der Waals surface area contributed by atoms with Gasteiger partial charge in [-0.05, 0) is 55.7 Å². The number of ether oxygens (including phenoxy) is 3. The third kappa shape index (κ3) is 4.94. The van der Waals surface area contributed by atoms with Crippen molar-refractivity contribution in [3.05, 3.63) is 42.0 Å². The fourth-order valence-electron chi connectivity index (χ4n) is 3.69. The van der Waals surface area contributed by atoms with Gasteiger partial charge in [0.25, 0.3) is 0 Å². The SMILES string of the molecule is COc1ccc(S(=O)(=O)N2CCC[C@H](C(=O)Nc3ccc(OC)c(OC)c3)C2)cc1C. The standard InChI is InChI=1S/C22H28N2O6S/c1-15-12-18(8-10-19(15)28-2)31(26,27)24-11-5-6-16(14-24)22(25)23-17-7-9-20(29-3)21(13-17)30-4/h7-10,12-13,16H,5-6,11,14H2,1-4H3,(H,23,25)/t16-/m0/s1. The van der Waals surface area contributed by atoms with Gasteiger partial charge < -0.3 is 19.5 Å². The number of nitrogens with one attached hydrogen (secondary N) is 1. The normalized spacial score (nSPS) is 17.1. The molecule has 168 valence electrons. The van der Waals surface area contributed by atoms with Crippen LogP contribution in [0.25, 0.3) is 0 Å². The van der Waals surface area contributed by atoms with Crippen LogP contribution in [0.4, 0.5) is 5.69 Å². The number of aryl methyl sites for hydroxylation is 1. The number of methoxy groups -OCH3 is 3. The molecular formula is C22H28N2O6S. The van der Waals surface area contributed by atoms with Crippen molar-refractivity contribution in [3.8, 4) is 17.2 Å². The maximum atomic E-state index is 13.1. The van der Waals surface area contributed by atoms with Crippen LogP contribution in [0.15, 0.2) is 41.3 Å². The predicted molar refractivity (Wildman–Crippen MR) is 117 cm³/mol. The van der Waals surface area contributed by atoms with E-state index in [-0.39, 0.29) is 17.3 Å². The second-order valence-corrected chi connectivity index (χ2v) is 9.33. The van der Waals surface area contributed by atoms with Gasteiger partial charge in [0.1, 0.15) is 5.75 Å². The Kier molecular flexibility index (Phi) is 7.07. The number of piperidine rings is 1. The van der Waals surface area contributed by atoms with E-state index in [1.165, 1.54) is 24.6 Å². The second-order valence-electron chi connectivity index (χ2n) is 7.39. The Morgan fingerprint density at radius 1 is 1.00 bits per heavy atom. The molecule has 1 N–H and O–H groups in total. The van der Waals surface area contributed by atoms with Crippen molar-refractivity contribution in [3.63, 3.8) is 0 Å². The van der Waals surface area contributed by atoms with Crippen LogP contribution in [0.1, 0.15) is 18.4 Å². The van der Waals surface area contributed by atoms with E-state index in [9.17, 15) is 13.2 Å². The second kappa shape index (κ2) is 9.57. The number of hydrogen-bond acceptors (Lipinski definition) is 6. The van der Waals surface area contributed by atoms with Crippen LogP contribution < -0.4 is 19.5 Å². The smallest absolute Gasteiger partial charge is 0.243 e. The first-order chi connectivity index (χ1) is 14.8. The number of rotatable bonds is 7. The summed E-state index contributed by atoms with van der Waals surface area (Å²) in [6, 6.07) is 9.88. The van der Waals surface area contributed by atoms with Crippen molar-refractivity contribution >= 4 is 21.6 Å². The molecule has 0 radical (unpaired) electrons. The van der Waals surface area contributed by atoms with Gasteiger partial charge in [-0.1, -0.05) is 0 Å². The Morgan fingerprint density at radius 3 is 2.32 bits per heavy atom. The third-order valence-corrected chi connectivity index (χ3v) is 7.27. The number of sulfonamides is 1. The minimum absolute atomic E-state index is 0.131. The molecule has 1 aliphatic heterocycles. The number of benzene rings is 2. The number of carbonyl (C=O) groups is 1. The molecule has 2 aromatic rings. The average molecular weight is 449 g/mol. The van der Waals surface area contributed by atoms with Gasteiger partial charge in [-0.25, -0.2) is 8.42 Å². The molecule has 2 aromatic carbocycles. The molecule has 0 aliphatic carbocycles. The summed E-state index contributed by atoms with van der Waals surface area (Å²) in [5.74, 6) is 1.02.